The van der Waals surface area contributed by atoms with Crippen molar-refractivity contribution in [1.29, 1.82) is 0 Å². The van der Waals surface area contributed by atoms with Crippen molar-refractivity contribution >= 4 is 23.5 Å². The van der Waals surface area contributed by atoms with Crippen LogP contribution < -0.4 is 15.4 Å². The van der Waals surface area contributed by atoms with Crippen molar-refractivity contribution in [3.05, 3.63) is 89.5 Å². The molecule has 0 saturated carbocycles. The van der Waals surface area contributed by atoms with Gasteiger partial charge < -0.3 is 25.6 Å². The van der Waals surface area contributed by atoms with Crippen LogP contribution in [0.3, 0.4) is 0 Å². The number of rotatable bonds is 11. The number of unbranched alkanes of at least 4 members (excludes halogenated alkanes) is 1. The van der Waals surface area contributed by atoms with Crippen molar-refractivity contribution in [2.45, 2.75) is 51.7 Å². The Morgan fingerprint density at radius 3 is 2.38 bits per heavy atom. The Hall–Kier alpha value is -4.10. The van der Waals surface area contributed by atoms with Crippen LogP contribution in [-0.4, -0.2) is 40.7 Å². The van der Waals surface area contributed by atoms with Crippen LogP contribution >= 0.6 is 0 Å². The van der Waals surface area contributed by atoms with E-state index in [1.807, 2.05) is 48.5 Å². The van der Waals surface area contributed by atoms with Gasteiger partial charge >= 0.3 is 0 Å². The first-order valence-corrected chi connectivity index (χ1v) is 13.5. The molecule has 3 atom stereocenters. The summed E-state index contributed by atoms with van der Waals surface area (Å²) in [6.45, 7) is 4.44. The molecule has 3 aromatic rings. The van der Waals surface area contributed by atoms with Gasteiger partial charge in [-0.15, -0.1) is 0 Å². The molecule has 1 heterocycles. The SMILES string of the molecule is CCCCNC(=O)[C@H](C)C[C@H](O)[C@H](Cc1ccc(O)cc1)NC(=O)C1=Cc2ccccc2Oc2ccccc21. The molecule has 7 nitrogen and oxygen atoms in total. The highest BCUT2D eigenvalue weighted by molar-refractivity contribution is 6.25. The molecule has 1 aliphatic rings. The van der Waals surface area contributed by atoms with Crippen LogP contribution in [0.5, 0.6) is 17.2 Å². The minimum absolute atomic E-state index is 0.119. The van der Waals surface area contributed by atoms with Crippen LogP contribution in [0.25, 0.3) is 11.6 Å². The van der Waals surface area contributed by atoms with E-state index in [0.29, 0.717) is 35.6 Å². The second kappa shape index (κ2) is 13.1. The highest BCUT2D eigenvalue weighted by atomic mass is 16.5. The maximum Gasteiger partial charge on any atom is 0.252 e. The average molecular weight is 529 g/mol. The average Bonchev–Trinajstić information content (AvgIpc) is 3.10. The number of hydrogen-bond donors (Lipinski definition) is 4. The number of phenols is 1. The lowest BCUT2D eigenvalue weighted by molar-refractivity contribution is -0.125. The topological polar surface area (TPSA) is 108 Å². The lowest BCUT2D eigenvalue weighted by atomic mass is 9.92. The Kier molecular flexibility index (Phi) is 9.39. The number of aliphatic hydroxyl groups excluding tert-OH is 1. The van der Waals surface area contributed by atoms with E-state index < -0.39 is 18.1 Å². The van der Waals surface area contributed by atoms with Crippen molar-refractivity contribution in [1.82, 2.24) is 10.6 Å². The number of amides is 2. The first-order valence-electron chi connectivity index (χ1n) is 13.5. The summed E-state index contributed by atoms with van der Waals surface area (Å²) in [7, 11) is 0. The van der Waals surface area contributed by atoms with Gasteiger partial charge in [-0.05, 0) is 55.2 Å². The van der Waals surface area contributed by atoms with E-state index in [2.05, 4.69) is 17.6 Å². The number of benzene rings is 3. The molecule has 0 fully saturated rings. The summed E-state index contributed by atoms with van der Waals surface area (Å²) in [5.74, 6) is 0.440. The number of carbonyl (C=O) groups is 2. The van der Waals surface area contributed by atoms with E-state index in [0.717, 1.165) is 24.0 Å². The fraction of sp³-hybridized carbons (Fsp3) is 0.312. The van der Waals surface area contributed by atoms with E-state index >= 15 is 0 Å². The molecule has 7 heteroatoms. The minimum atomic E-state index is -0.986. The Labute approximate surface area is 229 Å². The number of hydrogen-bond acceptors (Lipinski definition) is 5. The normalized spacial score (nSPS) is 14.4. The number of para-hydroxylation sites is 2. The molecule has 2 amide bonds. The van der Waals surface area contributed by atoms with Gasteiger partial charge in [0, 0.05) is 23.6 Å². The molecule has 0 unspecified atom stereocenters. The molecule has 1 aliphatic heterocycles. The largest absolute Gasteiger partial charge is 0.508 e. The van der Waals surface area contributed by atoms with Crippen LogP contribution in [0.1, 0.15) is 49.8 Å². The predicted octanol–water partition coefficient (Wildman–Crippen LogP) is 5.07. The molecule has 0 spiro atoms. The third-order valence-electron chi connectivity index (χ3n) is 6.91. The number of nitrogens with one attached hydrogen (secondary N) is 2. The lowest BCUT2D eigenvalue weighted by Crippen LogP contribution is -2.46. The zero-order valence-corrected chi connectivity index (χ0v) is 22.4. The molecule has 4 N–H and O–H groups in total. The van der Waals surface area contributed by atoms with Crippen LogP contribution in [0.15, 0.2) is 72.8 Å². The smallest absolute Gasteiger partial charge is 0.252 e. The Bertz CT molecular complexity index is 1320. The van der Waals surface area contributed by atoms with E-state index in [9.17, 15) is 19.8 Å². The highest BCUT2D eigenvalue weighted by Gasteiger charge is 2.29. The Balaban J connectivity index is 1.59. The number of carbonyl (C=O) groups excluding carboxylic acids is 2. The van der Waals surface area contributed by atoms with Crippen LogP contribution in [0.2, 0.25) is 0 Å². The maximum atomic E-state index is 13.8. The maximum absolute atomic E-state index is 13.8. The number of aliphatic hydroxyl groups is 1. The summed E-state index contributed by atoms with van der Waals surface area (Å²) in [5.41, 5.74) is 2.67. The fourth-order valence-electron chi connectivity index (χ4n) is 4.62. The van der Waals surface area contributed by atoms with Crippen molar-refractivity contribution in [3.8, 4) is 17.2 Å². The first kappa shape index (κ1) is 27.9. The van der Waals surface area contributed by atoms with E-state index in [1.165, 1.54) is 0 Å². The lowest BCUT2D eigenvalue weighted by Gasteiger charge is -2.27. The van der Waals surface area contributed by atoms with Gasteiger partial charge in [-0.25, -0.2) is 0 Å². The third kappa shape index (κ3) is 7.27. The number of aromatic hydroxyl groups is 1. The van der Waals surface area contributed by atoms with Crippen LogP contribution in [0, 0.1) is 5.92 Å². The molecule has 39 heavy (non-hydrogen) atoms. The molecule has 0 aliphatic carbocycles. The second-order valence-electron chi connectivity index (χ2n) is 9.99. The zero-order valence-electron chi connectivity index (χ0n) is 22.4. The second-order valence-corrected chi connectivity index (χ2v) is 9.99. The number of ether oxygens (including phenoxy) is 1. The van der Waals surface area contributed by atoms with Gasteiger partial charge in [-0.1, -0.05) is 68.8 Å². The highest BCUT2D eigenvalue weighted by Crippen LogP contribution is 2.38. The quantitative estimate of drug-likeness (QED) is 0.260. The van der Waals surface area contributed by atoms with Gasteiger partial charge in [0.05, 0.1) is 17.7 Å². The summed E-state index contributed by atoms with van der Waals surface area (Å²) in [6, 6.07) is 20.8. The van der Waals surface area contributed by atoms with Crippen LogP contribution in [0.4, 0.5) is 0 Å². The first-order chi connectivity index (χ1) is 18.9. The molecule has 204 valence electrons. The van der Waals surface area contributed by atoms with Gasteiger partial charge in [0.15, 0.2) is 0 Å². The standard InChI is InChI=1S/C32H36N2O5/c1-3-4-17-33-31(37)21(2)18-28(36)27(19-22-13-15-24(35)16-14-22)34-32(38)26-20-23-9-5-7-11-29(23)39-30-12-8-6-10-25(26)30/h5-16,20-21,27-28,35-36H,3-4,17-19H2,1-2H3,(H,33,37)(H,34,38)/t21-,27+,28+/m1/s1. The van der Waals surface area contributed by atoms with Gasteiger partial charge in [0.1, 0.15) is 17.2 Å². The third-order valence-corrected chi connectivity index (χ3v) is 6.91. The van der Waals surface area contributed by atoms with Crippen LogP contribution in [-0.2, 0) is 16.0 Å². The molecule has 0 aromatic heterocycles. The van der Waals surface area contributed by atoms with Crippen molar-refractivity contribution in [3.63, 3.8) is 0 Å². The zero-order chi connectivity index (χ0) is 27.8. The van der Waals surface area contributed by atoms with Crippen molar-refractivity contribution < 1.29 is 24.5 Å². The summed E-state index contributed by atoms with van der Waals surface area (Å²) in [4.78, 5) is 26.4. The molecule has 3 aromatic carbocycles. The van der Waals surface area contributed by atoms with Crippen molar-refractivity contribution in [2.24, 2.45) is 5.92 Å². The van der Waals surface area contributed by atoms with Gasteiger partial charge in [-0.3, -0.25) is 9.59 Å². The summed E-state index contributed by atoms with van der Waals surface area (Å²) >= 11 is 0. The molecule has 0 radical (unpaired) electrons. The minimum Gasteiger partial charge on any atom is -0.508 e. The molecule has 4 rings (SSSR count). The monoisotopic (exact) mass is 528 g/mol. The van der Waals surface area contributed by atoms with Gasteiger partial charge in [-0.2, -0.15) is 0 Å². The number of fused-ring (bicyclic) bond motifs is 2. The van der Waals surface area contributed by atoms with Gasteiger partial charge in [0.25, 0.3) is 5.91 Å². The van der Waals surface area contributed by atoms with Gasteiger partial charge in [0.2, 0.25) is 5.91 Å². The fourth-order valence-corrected chi connectivity index (χ4v) is 4.62. The molecule has 0 bridgehead atoms. The molecule has 0 saturated heterocycles. The molecular weight excluding hydrogens is 492 g/mol. The summed E-state index contributed by atoms with van der Waals surface area (Å²) in [6.07, 6.45) is 3.18. The predicted molar refractivity (Wildman–Crippen MR) is 152 cm³/mol. The van der Waals surface area contributed by atoms with E-state index in [1.54, 1.807) is 37.3 Å². The summed E-state index contributed by atoms with van der Waals surface area (Å²) < 4.78 is 6.11. The Morgan fingerprint density at radius 2 is 1.64 bits per heavy atom. The molecular formula is C32H36N2O5. The van der Waals surface area contributed by atoms with E-state index in [-0.39, 0.29) is 24.0 Å². The summed E-state index contributed by atoms with van der Waals surface area (Å²) in [5, 5.41) is 26.9. The number of phenolic OH excluding ortho intramolecular Hbond substituents is 1. The van der Waals surface area contributed by atoms with Crippen molar-refractivity contribution in [2.75, 3.05) is 6.54 Å². The van der Waals surface area contributed by atoms with E-state index in [4.69, 9.17) is 4.74 Å². The Morgan fingerprint density at radius 1 is 0.949 bits per heavy atom.